The first-order valence-electron chi connectivity index (χ1n) is 6.58. The molecule has 6 heteroatoms. The molecule has 1 aromatic rings. The Morgan fingerprint density at radius 1 is 1.38 bits per heavy atom. The molecular weight excluding hydrogens is 277 g/mol. The molecule has 5 nitrogen and oxygen atoms in total. The van der Waals surface area contributed by atoms with E-state index in [1.807, 2.05) is 0 Å². The first kappa shape index (κ1) is 17.1. The molecule has 2 N–H and O–H groups in total. The van der Waals surface area contributed by atoms with Crippen LogP contribution in [0.3, 0.4) is 0 Å². The molecule has 1 atom stereocenters. The summed E-state index contributed by atoms with van der Waals surface area (Å²) >= 11 is 0. The quantitative estimate of drug-likeness (QED) is 0.598. The topological polar surface area (TPSA) is 75.6 Å². The molecule has 0 aliphatic heterocycles. The van der Waals surface area contributed by atoms with E-state index in [1.165, 1.54) is 18.2 Å². The van der Waals surface area contributed by atoms with Gasteiger partial charge in [0, 0.05) is 12.0 Å². The predicted octanol–water partition coefficient (Wildman–Crippen LogP) is 2.40. The average Bonchev–Trinajstić information content (AvgIpc) is 2.35. The van der Waals surface area contributed by atoms with Crippen LogP contribution in [0.4, 0.5) is 4.39 Å². The highest BCUT2D eigenvalue weighted by molar-refractivity contribution is 5.67. The van der Waals surface area contributed by atoms with Gasteiger partial charge in [0.1, 0.15) is 5.82 Å². The lowest BCUT2D eigenvalue weighted by atomic mass is 9.95. The summed E-state index contributed by atoms with van der Waals surface area (Å²) in [4.78, 5) is 21.8. The Kier molecular flexibility index (Phi) is 5.43. The molecule has 0 saturated heterocycles. The van der Waals surface area contributed by atoms with Gasteiger partial charge in [0.25, 0.3) is 0 Å². The van der Waals surface area contributed by atoms with Crippen LogP contribution in [-0.2, 0) is 20.1 Å². The van der Waals surface area contributed by atoms with Crippen molar-refractivity contribution in [3.63, 3.8) is 0 Å². The third-order valence-corrected chi connectivity index (χ3v) is 2.77. The van der Waals surface area contributed by atoms with E-state index in [0.717, 1.165) is 0 Å². The van der Waals surface area contributed by atoms with Crippen molar-refractivity contribution in [2.75, 3.05) is 0 Å². The van der Waals surface area contributed by atoms with Crippen LogP contribution in [0, 0.1) is 5.82 Å². The number of hydrogen-bond donors (Lipinski definition) is 2. The summed E-state index contributed by atoms with van der Waals surface area (Å²) in [6.45, 7) is 5.24. The molecule has 0 fully saturated rings. The van der Waals surface area contributed by atoms with Gasteiger partial charge >= 0.3 is 5.97 Å². The Labute approximate surface area is 123 Å². The molecular formula is C15H20FNO4. The van der Waals surface area contributed by atoms with E-state index in [1.54, 1.807) is 26.8 Å². The Bertz CT molecular complexity index is 513. The molecule has 0 spiro atoms. The lowest BCUT2D eigenvalue weighted by Crippen LogP contribution is -2.49. The van der Waals surface area contributed by atoms with Gasteiger partial charge in [-0.05, 0) is 26.8 Å². The number of nitrogens with one attached hydrogen (secondary N) is 1. The maximum atomic E-state index is 14.1. The highest BCUT2D eigenvalue weighted by Gasteiger charge is 2.39. The van der Waals surface area contributed by atoms with Crippen LogP contribution in [0.25, 0.3) is 0 Å². The molecule has 1 rings (SSSR count). The number of ether oxygens (including phenoxy) is 1. The number of carboxylic acids is 1. The molecule has 1 aromatic carbocycles. The number of rotatable bonds is 7. The minimum atomic E-state index is -1.52. The molecule has 21 heavy (non-hydrogen) atoms. The summed E-state index contributed by atoms with van der Waals surface area (Å²) in [5.74, 6) is -1.62. The third kappa shape index (κ3) is 4.82. The van der Waals surface area contributed by atoms with Gasteiger partial charge in [0.15, 0.2) is 5.72 Å². The molecule has 0 aliphatic rings. The number of carbonyl (C=O) groups is 2. The Balaban J connectivity index is 3.31. The van der Waals surface area contributed by atoms with Gasteiger partial charge in [-0.25, -0.2) is 4.39 Å². The summed E-state index contributed by atoms with van der Waals surface area (Å²) in [7, 11) is 0. The minimum Gasteiger partial charge on any atom is -0.481 e. The largest absolute Gasteiger partial charge is 0.481 e. The lowest BCUT2D eigenvalue weighted by molar-refractivity contribution is -0.170. The van der Waals surface area contributed by atoms with E-state index >= 15 is 0 Å². The van der Waals surface area contributed by atoms with Gasteiger partial charge in [-0.1, -0.05) is 18.2 Å². The number of aliphatic carboxylic acids is 1. The van der Waals surface area contributed by atoms with Gasteiger partial charge in [0.2, 0.25) is 6.41 Å². The molecule has 0 radical (unpaired) electrons. The van der Waals surface area contributed by atoms with Crippen molar-refractivity contribution in [2.45, 2.75) is 44.9 Å². The number of amides is 1. The molecule has 0 aliphatic carbocycles. The van der Waals surface area contributed by atoms with E-state index in [2.05, 4.69) is 5.32 Å². The van der Waals surface area contributed by atoms with E-state index in [4.69, 9.17) is 9.84 Å². The van der Waals surface area contributed by atoms with Crippen molar-refractivity contribution in [3.8, 4) is 0 Å². The zero-order valence-electron chi connectivity index (χ0n) is 12.4. The van der Waals surface area contributed by atoms with Gasteiger partial charge in [-0.15, -0.1) is 0 Å². The summed E-state index contributed by atoms with van der Waals surface area (Å²) in [5.41, 5.74) is -2.13. The van der Waals surface area contributed by atoms with Crippen LogP contribution in [0.1, 0.15) is 39.2 Å². The number of hydrogen-bond acceptors (Lipinski definition) is 3. The molecule has 0 heterocycles. The van der Waals surface area contributed by atoms with E-state index in [9.17, 15) is 14.0 Å². The number of carboxylic acid groups (broad SMARTS) is 1. The van der Waals surface area contributed by atoms with Crippen molar-refractivity contribution in [1.29, 1.82) is 0 Å². The van der Waals surface area contributed by atoms with Crippen molar-refractivity contribution in [3.05, 3.63) is 35.6 Å². The second-order valence-corrected chi connectivity index (χ2v) is 5.68. The fourth-order valence-corrected chi connectivity index (χ4v) is 2.11. The van der Waals surface area contributed by atoms with Crippen LogP contribution >= 0.6 is 0 Å². The van der Waals surface area contributed by atoms with E-state index in [-0.39, 0.29) is 18.4 Å². The highest BCUT2D eigenvalue weighted by Crippen LogP contribution is 2.34. The minimum absolute atomic E-state index is 0.0841. The molecule has 1 unspecified atom stereocenters. The first-order chi connectivity index (χ1) is 9.70. The van der Waals surface area contributed by atoms with Crippen LogP contribution in [-0.4, -0.2) is 23.1 Å². The monoisotopic (exact) mass is 297 g/mol. The van der Waals surface area contributed by atoms with Crippen molar-refractivity contribution < 1.29 is 23.8 Å². The zero-order chi connectivity index (χ0) is 16.1. The maximum Gasteiger partial charge on any atom is 0.303 e. The molecule has 0 saturated carbocycles. The molecule has 116 valence electrons. The third-order valence-electron chi connectivity index (χ3n) is 2.77. The zero-order valence-corrected chi connectivity index (χ0v) is 12.4. The average molecular weight is 297 g/mol. The van der Waals surface area contributed by atoms with E-state index in [0.29, 0.717) is 6.41 Å². The smallest absolute Gasteiger partial charge is 0.303 e. The van der Waals surface area contributed by atoms with Gasteiger partial charge < -0.3 is 15.2 Å². The fraction of sp³-hybridized carbons (Fsp3) is 0.467. The Hall–Kier alpha value is -1.95. The Morgan fingerprint density at radius 2 is 2.00 bits per heavy atom. The van der Waals surface area contributed by atoms with E-state index < -0.39 is 23.1 Å². The van der Waals surface area contributed by atoms with Gasteiger partial charge in [-0.2, -0.15) is 0 Å². The summed E-state index contributed by atoms with van der Waals surface area (Å²) in [6, 6.07) is 5.83. The number of benzene rings is 1. The van der Waals surface area contributed by atoms with Gasteiger partial charge in [-0.3, -0.25) is 9.59 Å². The lowest BCUT2D eigenvalue weighted by Gasteiger charge is -2.39. The normalized spacial score (nSPS) is 14.3. The van der Waals surface area contributed by atoms with Crippen molar-refractivity contribution in [1.82, 2.24) is 5.32 Å². The predicted molar refractivity (Wildman–Crippen MR) is 75.0 cm³/mol. The summed E-state index contributed by atoms with van der Waals surface area (Å²) < 4.78 is 20.0. The maximum absolute atomic E-state index is 14.1. The standard InChI is InChI=1S/C15H20FNO4/c1-14(2,3)21-15(17-10-18,9-8-13(19)20)11-6-4-5-7-12(11)16/h4-7,10H,8-9H2,1-3H3,(H,17,18)(H,19,20). The summed E-state index contributed by atoms with van der Waals surface area (Å²) in [5, 5.41) is 11.4. The fourth-order valence-electron chi connectivity index (χ4n) is 2.11. The number of halogens is 1. The van der Waals surface area contributed by atoms with Crippen molar-refractivity contribution >= 4 is 12.4 Å². The van der Waals surface area contributed by atoms with Crippen LogP contribution in [0.15, 0.2) is 24.3 Å². The highest BCUT2D eigenvalue weighted by atomic mass is 19.1. The first-order valence-corrected chi connectivity index (χ1v) is 6.58. The van der Waals surface area contributed by atoms with Crippen LogP contribution in [0.2, 0.25) is 0 Å². The molecule has 0 bridgehead atoms. The Morgan fingerprint density at radius 3 is 2.48 bits per heavy atom. The van der Waals surface area contributed by atoms with Gasteiger partial charge in [0.05, 0.1) is 12.0 Å². The molecule has 0 aromatic heterocycles. The second kappa shape index (κ2) is 6.67. The second-order valence-electron chi connectivity index (χ2n) is 5.68. The van der Waals surface area contributed by atoms with Crippen molar-refractivity contribution in [2.24, 2.45) is 0 Å². The summed E-state index contributed by atoms with van der Waals surface area (Å²) in [6.07, 6.45) is 0.0323. The number of carbonyl (C=O) groups excluding carboxylic acids is 1. The van der Waals surface area contributed by atoms with Crippen LogP contribution < -0.4 is 5.32 Å². The molecule has 1 amide bonds. The SMILES string of the molecule is CC(C)(C)OC(CCC(=O)O)(NC=O)c1ccccc1F. The van der Waals surface area contributed by atoms with Crippen LogP contribution in [0.5, 0.6) is 0 Å².